The largest absolute Gasteiger partial charge is 0.497 e. The van der Waals surface area contributed by atoms with Gasteiger partial charge in [-0.05, 0) is 43.2 Å². The smallest absolute Gasteiger partial charge is 0.256 e. The van der Waals surface area contributed by atoms with Crippen molar-refractivity contribution in [1.82, 2.24) is 14.1 Å². The molecule has 2 heterocycles. The third-order valence-corrected chi connectivity index (χ3v) is 10.8. The van der Waals surface area contributed by atoms with E-state index in [-0.39, 0.29) is 24.1 Å². The van der Waals surface area contributed by atoms with E-state index in [9.17, 15) is 13.8 Å². The highest BCUT2D eigenvalue weighted by atomic mass is 35.5. The zero-order valence-corrected chi connectivity index (χ0v) is 27.6. The number of hydrogen-bond acceptors (Lipinski definition) is 6. The van der Waals surface area contributed by atoms with Gasteiger partial charge in [0.25, 0.3) is 5.91 Å². The second-order valence-corrected chi connectivity index (χ2v) is 14.0. The van der Waals surface area contributed by atoms with Gasteiger partial charge in [-0.2, -0.15) is 0 Å². The lowest BCUT2D eigenvalue weighted by Gasteiger charge is -2.51. The van der Waals surface area contributed by atoms with E-state index in [0.29, 0.717) is 48.1 Å². The molecule has 1 aliphatic heterocycles. The van der Waals surface area contributed by atoms with E-state index in [2.05, 4.69) is 0 Å². The van der Waals surface area contributed by atoms with Crippen LogP contribution in [0.2, 0.25) is 5.02 Å². The Kier molecular flexibility index (Phi) is 9.94. The number of rotatable bonds is 12. The Hall–Kier alpha value is -3.44. The second kappa shape index (κ2) is 13.7. The van der Waals surface area contributed by atoms with Crippen molar-refractivity contribution in [3.63, 3.8) is 0 Å². The molecule has 0 saturated carbocycles. The molecule has 0 spiro atoms. The summed E-state index contributed by atoms with van der Waals surface area (Å²) in [5.74, 6) is 1.24. The SMILES string of the molecule is COc1ccc(CN(C)S(=O)CCN(Cc2ccc(Cl)cc2)C(=O)C2(C)CCN2C(=O)c2csc3ccccc23)c(OC)c1. The number of nitrogens with zero attached hydrogens (tertiary/aromatic N) is 3. The molecule has 2 amide bonds. The molecule has 1 fully saturated rings. The van der Waals surface area contributed by atoms with Crippen molar-refractivity contribution in [2.75, 3.05) is 40.1 Å². The number of likely N-dealkylation sites (tertiary alicyclic amines) is 1. The van der Waals surface area contributed by atoms with Gasteiger partial charge in [0.15, 0.2) is 0 Å². The molecule has 3 aromatic carbocycles. The molecule has 1 saturated heterocycles. The Morgan fingerprint density at radius 1 is 1.05 bits per heavy atom. The van der Waals surface area contributed by atoms with Crippen LogP contribution < -0.4 is 9.47 Å². The average Bonchev–Trinajstić information content (AvgIpc) is 3.47. The van der Waals surface area contributed by atoms with E-state index in [0.717, 1.165) is 21.2 Å². The van der Waals surface area contributed by atoms with Crippen LogP contribution in [0.15, 0.2) is 72.1 Å². The maximum atomic E-state index is 14.3. The quantitative estimate of drug-likeness (QED) is 0.187. The van der Waals surface area contributed by atoms with Gasteiger partial charge in [-0.15, -0.1) is 11.3 Å². The maximum Gasteiger partial charge on any atom is 0.256 e. The van der Waals surface area contributed by atoms with Crippen molar-refractivity contribution in [3.8, 4) is 11.5 Å². The van der Waals surface area contributed by atoms with Gasteiger partial charge in [0, 0.05) is 65.3 Å². The third kappa shape index (κ3) is 6.63. The number of thiophene rings is 1. The number of hydrogen-bond donors (Lipinski definition) is 0. The number of fused-ring (bicyclic) bond motifs is 1. The molecule has 11 heteroatoms. The second-order valence-electron chi connectivity index (χ2n) is 11.0. The van der Waals surface area contributed by atoms with Crippen LogP contribution in [-0.4, -0.2) is 75.8 Å². The molecule has 4 aromatic rings. The molecular weight excluding hydrogens is 618 g/mol. The van der Waals surface area contributed by atoms with Crippen molar-refractivity contribution in [1.29, 1.82) is 0 Å². The molecule has 5 rings (SSSR count). The fourth-order valence-corrected chi connectivity index (χ4v) is 7.47. The van der Waals surface area contributed by atoms with E-state index in [1.54, 1.807) is 53.6 Å². The van der Waals surface area contributed by atoms with Gasteiger partial charge in [-0.1, -0.05) is 48.0 Å². The lowest BCUT2D eigenvalue weighted by Crippen LogP contribution is -2.68. The number of amides is 2. The zero-order chi connectivity index (χ0) is 31.4. The van der Waals surface area contributed by atoms with Crippen LogP contribution in [0.4, 0.5) is 0 Å². The van der Waals surface area contributed by atoms with Gasteiger partial charge in [-0.3, -0.25) is 9.59 Å². The fraction of sp³-hybridized carbons (Fsp3) is 0.333. The summed E-state index contributed by atoms with van der Waals surface area (Å²) >= 11 is 7.64. The first-order valence-corrected chi connectivity index (χ1v) is 16.8. The Labute approximate surface area is 269 Å². The number of methoxy groups -OCH3 is 2. The Balaban J connectivity index is 1.32. The topological polar surface area (TPSA) is 79.4 Å². The summed E-state index contributed by atoms with van der Waals surface area (Å²) < 4.78 is 27.0. The number of benzene rings is 3. The first-order chi connectivity index (χ1) is 21.1. The van der Waals surface area contributed by atoms with Crippen LogP contribution in [0.25, 0.3) is 10.1 Å². The molecule has 1 aromatic heterocycles. The van der Waals surface area contributed by atoms with Crippen LogP contribution in [0.1, 0.15) is 34.8 Å². The summed E-state index contributed by atoms with van der Waals surface area (Å²) in [6.07, 6.45) is 0.553. The van der Waals surface area contributed by atoms with Gasteiger partial charge in [0.1, 0.15) is 17.0 Å². The zero-order valence-electron chi connectivity index (χ0n) is 25.2. The summed E-state index contributed by atoms with van der Waals surface area (Å²) in [5.41, 5.74) is 1.38. The van der Waals surface area contributed by atoms with Crippen molar-refractivity contribution < 1.29 is 23.3 Å². The molecule has 8 nitrogen and oxygen atoms in total. The summed E-state index contributed by atoms with van der Waals surface area (Å²) in [5, 5.41) is 3.38. The standard InChI is InChI=1S/C33H36ClN3O5S2/c1-33(15-16-37(33)31(38)28-22-43-30-8-6-5-7-27(28)30)32(39)36(20-23-9-12-25(34)13-10-23)17-18-44(40)35(2)21-24-11-14-26(41-3)19-29(24)42-4/h5-14,19,22H,15-18,20-21H2,1-4H3. The molecule has 1 aliphatic rings. The fourth-order valence-electron chi connectivity index (χ4n) is 5.44. The Morgan fingerprint density at radius 3 is 2.48 bits per heavy atom. The highest BCUT2D eigenvalue weighted by Gasteiger charge is 2.51. The number of halogens is 1. The van der Waals surface area contributed by atoms with E-state index in [4.69, 9.17) is 21.1 Å². The summed E-state index contributed by atoms with van der Waals surface area (Å²) in [4.78, 5) is 31.4. The molecule has 0 bridgehead atoms. The maximum absolute atomic E-state index is 14.3. The van der Waals surface area contributed by atoms with E-state index in [1.165, 1.54) is 11.3 Å². The minimum absolute atomic E-state index is 0.146. The van der Waals surface area contributed by atoms with Gasteiger partial charge in [-0.25, -0.2) is 8.51 Å². The summed E-state index contributed by atoms with van der Waals surface area (Å²) in [6, 6.07) is 20.7. The summed E-state index contributed by atoms with van der Waals surface area (Å²) in [7, 11) is 3.57. The van der Waals surface area contributed by atoms with E-state index >= 15 is 0 Å². The lowest BCUT2D eigenvalue weighted by molar-refractivity contribution is -0.149. The molecule has 2 atom stereocenters. The monoisotopic (exact) mass is 653 g/mol. The molecule has 232 valence electrons. The molecule has 0 N–H and O–H groups in total. The Bertz CT molecular complexity index is 1680. The van der Waals surface area contributed by atoms with Gasteiger partial charge in [0.2, 0.25) is 5.91 Å². The third-order valence-electron chi connectivity index (χ3n) is 8.18. The molecule has 0 radical (unpaired) electrons. The van der Waals surface area contributed by atoms with Gasteiger partial charge < -0.3 is 19.3 Å². The van der Waals surface area contributed by atoms with E-state index < -0.39 is 16.5 Å². The van der Waals surface area contributed by atoms with Gasteiger partial charge in [0.05, 0.1) is 36.5 Å². The minimum Gasteiger partial charge on any atom is -0.497 e. The lowest BCUT2D eigenvalue weighted by atomic mass is 9.84. The molecule has 44 heavy (non-hydrogen) atoms. The number of carbonyl (C=O) groups excluding carboxylic acids is 2. The summed E-state index contributed by atoms with van der Waals surface area (Å²) in [6.45, 7) is 3.27. The average molecular weight is 654 g/mol. The van der Waals surface area contributed by atoms with Crippen LogP contribution in [-0.2, 0) is 28.9 Å². The first-order valence-electron chi connectivity index (χ1n) is 14.3. The number of carbonyl (C=O) groups is 2. The van der Waals surface area contributed by atoms with E-state index in [1.807, 2.05) is 60.8 Å². The normalized spacial score (nSPS) is 16.9. The van der Waals surface area contributed by atoms with Crippen LogP contribution >= 0.6 is 22.9 Å². The predicted octanol–water partition coefficient (Wildman–Crippen LogP) is 6.00. The van der Waals surface area contributed by atoms with Crippen molar-refractivity contribution in [2.45, 2.75) is 32.0 Å². The van der Waals surface area contributed by atoms with Crippen LogP contribution in [0.3, 0.4) is 0 Å². The highest BCUT2D eigenvalue weighted by molar-refractivity contribution is 7.82. The Morgan fingerprint density at radius 2 is 1.80 bits per heavy atom. The predicted molar refractivity (Wildman–Crippen MR) is 177 cm³/mol. The molecule has 0 aliphatic carbocycles. The minimum atomic E-state index is -1.40. The molecular formula is C33H36ClN3O5S2. The highest BCUT2D eigenvalue weighted by Crippen LogP contribution is 2.37. The molecule has 2 unspecified atom stereocenters. The van der Waals surface area contributed by atoms with Crippen LogP contribution in [0.5, 0.6) is 11.5 Å². The van der Waals surface area contributed by atoms with Crippen molar-refractivity contribution in [3.05, 3.63) is 93.8 Å². The first kappa shape index (κ1) is 32.0. The van der Waals surface area contributed by atoms with Crippen molar-refractivity contribution >= 4 is 55.8 Å². The van der Waals surface area contributed by atoms with Crippen molar-refractivity contribution in [2.24, 2.45) is 0 Å². The number of ether oxygens (including phenoxy) is 2. The van der Waals surface area contributed by atoms with Crippen LogP contribution in [0, 0.1) is 0 Å². The van der Waals surface area contributed by atoms with Gasteiger partial charge >= 0.3 is 0 Å².